The van der Waals surface area contributed by atoms with E-state index in [0.29, 0.717) is 19.5 Å². The molecule has 0 aliphatic carbocycles. The van der Waals surface area contributed by atoms with Gasteiger partial charge in [0.05, 0.1) is 6.54 Å². The van der Waals surface area contributed by atoms with Gasteiger partial charge in [-0.15, -0.1) is 0 Å². The molecule has 0 fully saturated rings. The van der Waals surface area contributed by atoms with Crippen molar-refractivity contribution >= 4 is 11.9 Å². The second kappa shape index (κ2) is 8.25. The van der Waals surface area contributed by atoms with E-state index in [1.54, 1.807) is 0 Å². The Balaban J connectivity index is 3.85. The van der Waals surface area contributed by atoms with Crippen LogP contribution in [0, 0.1) is 5.41 Å². The van der Waals surface area contributed by atoms with Gasteiger partial charge in [0.1, 0.15) is 0 Å². The maximum atomic E-state index is 11.7. The van der Waals surface area contributed by atoms with Gasteiger partial charge in [-0.3, -0.25) is 9.59 Å². The first-order valence-corrected chi connectivity index (χ1v) is 7.31. The maximum absolute atomic E-state index is 11.7. The summed E-state index contributed by atoms with van der Waals surface area (Å²) in [5.74, 6) is -0.757. The van der Waals surface area contributed by atoms with E-state index in [9.17, 15) is 9.59 Å². The third kappa shape index (κ3) is 9.78. The highest BCUT2D eigenvalue weighted by Crippen LogP contribution is 2.25. The predicted molar refractivity (Wildman–Crippen MR) is 80.7 cm³/mol. The fourth-order valence-corrected chi connectivity index (χ4v) is 1.71. The summed E-state index contributed by atoms with van der Waals surface area (Å²) < 4.78 is 0. The van der Waals surface area contributed by atoms with Crippen LogP contribution in [-0.2, 0) is 9.59 Å². The quantitative estimate of drug-likeness (QED) is 0.538. The van der Waals surface area contributed by atoms with E-state index in [-0.39, 0.29) is 23.3 Å². The Bertz CT molecular complexity index is 325. The summed E-state index contributed by atoms with van der Waals surface area (Å²) in [5.41, 5.74) is -0.190. The number of carboxylic acid groups (broad SMARTS) is 1. The van der Waals surface area contributed by atoms with Gasteiger partial charge in [0.15, 0.2) is 0 Å². The van der Waals surface area contributed by atoms with Crippen LogP contribution in [0.15, 0.2) is 0 Å². The fourth-order valence-electron chi connectivity index (χ4n) is 1.71. The Labute approximate surface area is 122 Å². The Morgan fingerprint density at radius 2 is 1.70 bits per heavy atom. The van der Waals surface area contributed by atoms with E-state index < -0.39 is 5.97 Å². The van der Waals surface area contributed by atoms with Gasteiger partial charge in [0.25, 0.3) is 0 Å². The lowest BCUT2D eigenvalue weighted by Crippen LogP contribution is -2.46. The van der Waals surface area contributed by atoms with Crippen LogP contribution in [0.25, 0.3) is 0 Å². The number of carbonyl (C=O) groups is 2. The molecule has 0 unspecified atom stereocenters. The van der Waals surface area contributed by atoms with Crippen LogP contribution in [-0.4, -0.2) is 35.6 Å². The fraction of sp³-hybridized carbons (Fsp3) is 0.867. The number of hydrogen-bond acceptors (Lipinski definition) is 3. The monoisotopic (exact) mass is 286 g/mol. The Morgan fingerprint density at radius 3 is 2.20 bits per heavy atom. The summed E-state index contributed by atoms with van der Waals surface area (Å²) >= 11 is 0. The van der Waals surface area contributed by atoms with Crippen LogP contribution in [0.3, 0.4) is 0 Å². The number of carboxylic acids is 1. The largest absolute Gasteiger partial charge is 0.481 e. The molecule has 0 aliphatic heterocycles. The minimum absolute atomic E-state index is 0.000178. The summed E-state index contributed by atoms with van der Waals surface area (Å²) in [5, 5.41) is 14.8. The third-order valence-electron chi connectivity index (χ3n) is 3.64. The molecule has 0 aromatic heterocycles. The molecule has 0 aromatic rings. The van der Waals surface area contributed by atoms with Gasteiger partial charge in [0, 0.05) is 12.0 Å². The van der Waals surface area contributed by atoms with Crippen molar-refractivity contribution in [3.05, 3.63) is 0 Å². The van der Waals surface area contributed by atoms with Gasteiger partial charge in [0.2, 0.25) is 5.91 Å². The Hall–Kier alpha value is -1.10. The molecular formula is C15H30N2O3. The zero-order valence-corrected chi connectivity index (χ0v) is 13.5. The molecule has 0 saturated heterocycles. The molecule has 0 heterocycles. The molecule has 20 heavy (non-hydrogen) atoms. The standard InChI is InChI=1S/C15H30N2O3/c1-6-15(4,5)17-12(18)11-16-10-9-14(2,3)8-7-13(19)20/h16H,6-11H2,1-5H3,(H,17,18)(H,19,20). The summed E-state index contributed by atoms with van der Waals surface area (Å²) in [6.07, 6.45) is 2.59. The lowest BCUT2D eigenvalue weighted by atomic mass is 9.84. The zero-order valence-electron chi connectivity index (χ0n) is 13.5. The highest BCUT2D eigenvalue weighted by Gasteiger charge is 2.20. The molecule has 0 atom stereocenters. The molecule has 0 rings (SSSR count). The van der Waals surface area contributed by atoms with Crippen LogP contribution >= 0.6 is 0 Å². The van der Waals surface area contributed by atoms with Crippen molar-refractivity contribution in [2.45, 2.75) is 65.8 Å². The van der Waals surface area contributed by atoms with E-state index in [0.717, 1.165) is 12.8 Å². The van der Waals surface area contributed by atoms with Crippen LogP contribution in [0.5, 0.6) is 0 Å². The zero-order chi connectivity index (χ0) is 15.8. The van der Waals surface area contributed by atoms with Gasteiger partial charge >= 0.3 is 5.97 Å². The molecule has 0 radical (unpaired) electrons. The number of rotatable bonds is 10. The molecule has 0 aliphatic rings. The van der Waals surface area contributed by atoms with E-state index in [1.807, 2.05) is 20.8 Å². The second-order valence-corrected chi connectivity index (χ2v) is 6.77. The lowest BCUT2D eigenvalue weighted by Gasteiger charge is -2.25. The summed E-state index contributed by atoms with van der Waals surface area (Å²) in [7, 11) is 0. The molecule has 0 spiro atoms. The molecule has 0 bridgehead atoms. The Morgan fingerprint density at radius 1 is 1.10 bits per heavy atom. The van der Waals surface area contributed by atoms with E-state index in [4.69, 9.17) is 5.11 Å². The van der Waals surface area contributed by atoms with Crippen LogP contribution in [0.2, 0.25) is 0 Å². The van der Waals surface area contributed by atoms with Gasteiger partial charge in [-0.2, -0.15) is 0 Å². The minimum atomic E-state index is -0.757. The lowest BCUT2D eigenvalue weighted by molar-refractivity contribution is -0.137. The Kier molecular flexibility index (Phi) is 7.79. The van der Waals surface area contributed by atoms with Gasteiger partial charge in [-0.25, -0.2) is 0 Å². The topological polar surface area (TPSA) is 78.4 Å². The van der Waals surface area contributed by atoms with Crippen molar-refractivity contribution in [3.63, 3.8) is 0 Å². The number of hydrogen-bond donors (Lipinski definition) is 3. The highest BCUT2D eigenvalue weighted by atomic mass is 16.4. The predicted octanol–water partition coefficient (Wildman–Crippen LogP) is 2.16. The third-order valence-corrected chi connectivity index (χ3v) is 3.64. The smallest absolute Gasteiger partial charge is 0.303 e. The number of nitrogens with one attached hydrogen (secondary N) is 2. The van der Waals surface area contributed by atoms with Crippen molar-refractivity contribution in [2.75, 3.05) is 13.1 Å². The molecule has 5 heteroatoms. The van der Waals surface area contributed by atoms with Crippen LogP contribution in [0.4, 0.5) is 0 Å². The summed E-state index contributed by atoms with van der Waals surface area (Å²) in [6, 6.07) is 0. The van der Waals surface area contributed by atoms with Crippen molar-refractivity contribution in [1.82, 2.24) is 10.6 Å². The number of carbonyl (C=O) groups excluding carboxylic acids is 1. The minimum Gasteiger partial charge on any atom is -0.481 e. The normalized spacial score (nSPS) is 12.2. The SMILES string of the molecule is CCC(C)(C)NC(=O)CNCCC(C)(C)CCC(=O)O. The first kappa shape index (κ1) is 18.9. The van der Waals surface area contributed by atoms with E-state index in [1.165, 1.54) is 0 Å². The maximum Gasteiger partial charge on any atom is 0.303 e. The molecule has 1 amide bonds. The molecule has 0 aromatic carbocycles. The summed E-state index contributed by atoms with van der Waals surface area (Å²) in [6.45, 7) is 11.2. The van der Waals surface area contributed by atoms with Crippen molar-refractivity contribution in [3.8, 4) is 0 Å². The average molecular weight is 286 g/mol. The molecule has 118 valence electrons. The van der Waals surface area contributed by atoms with Crippen LogP contribution in [0.1, 0.15) is 60.3 Å². The molecule has 5 nitrogen and oxygen atoms in total. The summed E-state index contributed by atoms with van der Waals surface area (Å²) in [4.78, 5) is 22.3. The van der Waals surface area contributed by atoms with Crippen molar-refractivity contribution < 1.29 is 14.7 Å². The van der Waals surface area contributed by atoms with Gasteiger partial charge < -0.3 is 15.7 Å². The highest BCUT2D eigenvalue weighted by molar-refractivity contribution is 5.78. The number of aliphatic carboxylic acids is 1. The second-order valence-electron chi connectivity index (χ2n) is 6.77. The van der Waals surface area contributed by atoms with Gasteiger partial charge in [-0.05, 0) is 45.1 Å². The molecule has 3 N–H and O–H groups in total. The molecule has 0 saturated carbocycles. The average Bonchev–Trinajstić information content (AvgIpc) is 2.32. The van der Waals surface area contributed by atoms with Crippen molar-refractivity contribution in [1.29, 1.82) is 0 Å². The molecular weight excluding hydrogens is 256 g/mol. The first-order chi connectivity index (χ1) is 9.08. The first-order valence-electron chi connectivity index (χ1n) is 7.31. The van der Waals surface area contributed by atoms with Gasteiger partial charge in [-0.1, -0.05) is 20.8 Å². The van der Waals surface area contributed by atoms with E-state index in [2.05, 4.69) is 24.5 Å². The van der Waals surface area contributed by atoms with E-state index >= 15 is 0 Å². The number of amides is 1. The van der Waals surface area contributed by atoms with Crippen molar-refractivity contribution in [2.24, 2.45) is 5.41 Å². The van der Waals surface area contributed by atoms with Crippen LogP contribution < -0.4 is 10.6 Å².